The molecule has 0 unspecified atom stereocenters. The van der Waals surface area contributed by atoms with Crippen LogP contribution in [0.4, 0.5) is 10.5 Å². The molecule has 0 aliphatic heterocycles. The van der Waals surface area contributed by atoms with Crippen molar-refractivity contribution in [1.29, 1.82) is 0 Å². The minimum absolute atomic E-state index is 0.370. The number of ether oxygens (including phenoxy) is 1. The molecule has 0 fully saturated rings. The maximum absolute atomic E-state index is 11.7. The van der Waals surface area contributed by atoms with Crippen molar-refractivity contribution in [1.82, 2.24) is 0 Å². The second kappa shape index (κ2) is 5.95. The van der Waals surface area contributed by atoms with Crippen LogP contribution < -0.4 is 10.1 Å². The Morgan fingerprint density at radius 2 is 1.89 bits per heavy atom. The number of hydrogen-bond acceptors (Lipinski definition) is 2. The second-order valence-corrected chi connectivity index (χ2v) is 4.77. The topological polar surface area (TPSA) is 38.3 Å². The second-order valence-electron chi connectivity index (χ2n) is 3.96. The molecular weight excluding hydrogens is 285 g/mol. The molecule has 3 nitrogen and oxygen atoms in total. The molecule has 0 aliphatic rings. The molecule has 1 N–H and O–H groups in total. The van der Waals surface area contributed by atoms with Crippen LogP contribution in [0, 0.1) is 6.92 Å². The zero-order valence-electron chi connectivity index (χ0n) is 10.1. The molecule has 1 amide bonds. The van der Waals surface area contributed by atoms with Gasteiger partial charge in [0, 0.05) is 5.69 Å². The van der Waals surface area contributed by atoms with Crippen molar-refractivity contribution in [2.45, 2.75) is 6.92 Å². The van der Waals surface area contributed by atoms with Crippen molar-refractivity contribution in [2.24, 2.45) is 0 Å². The summed E-state index contributed by atoms with van der Waals surface area (Å²) >= 11 is 11.6. The predicted molar refractivity (Wildman–Crippen MR) is 77.3 cm³/mol. The molecule has 0 radical (unpaired) electrons. The van der Waals surface area contributed by atoms with Crippen molar-refractivity contribution in [2.75, 3.05) is 5.32 Å². The highest BCUT2D eigenvalue weighted by molar-refractivity contribution is 6.42. The van der Waals surface area contributed by atoms with Gasteiger partial charge in [-0.1, -0.05) is 35.3 Å². The Kier molecular flexibility index (Phi) is 4.30. The molecule has 2 aromatic carbocycles. The number of amides is 1. The highest BCUT2D eigenvalue weighted by Gasteiger charge is 2.06. The molecule has 0 aliphatic carbocycles. The number of nitrogens with one attached hydrogen (secondary N) is 1. The summed E-state index contributed by atoms with van der Waals surface area (Å²) < 4.78 is 5.14. The van der Waals surface area contributed by atoms with Gasteiger partial charge < -0.3 is 4.74 Å². The van der Waals surface area contributed by atoms with E-state index in [1.165, 1.54) is 0 Å². The van der Waals surface area contributed by atoms with Crippen LogP contribution in [0.1, 0.15) is 5.56 Å². The van der Waals surface area contributed by atoms with Gasteiger partial charge in [-0.25, -0.2) is 4.79 Å². The molecule has 0 atom stereocenters. The quantitative estimate of drug-likeness (QED) is 0.854. The van der Waals surface area contributed by atoms with E-state index in [9.17, 15) is 4.79 Å². The van der Waals surface area contributed by atoms with Crippen LogP contribution in [0.25, 0.3) is 0 Å². The largest absolute Gasteiger partial charge is 0.417 e. The lowest BCUT2D eigenvalue weighted by atomic mass is 10.2. The number of carbonyl (C=O) groups excluding carboxylic acids is 1. The fourth-order valence-corrected chi connectivity index (χ4v) is 1.80. The maximum atomic E-state index is 11.7. The highest BCUT2D eigenvalue weighted by atomic mass is 35.5. The number of benzene rings is 2. The van der Waals surface area contributed by atoms with Gasteiger partial charge in [-0.15, -0.1) is 0 Å². The molecular formula is C14H11Cl2NO2. The van der Waals surface area contributed by atoms with Crippen LogP contribution >= 0.6 is 23.2 Å². The molecule has 0 aromatic heterocycles. The van der Waals surface area contributed by atoms with Crippen LogP contribution in [0.15, 0.2) is 42.5 Å². The van der Waals surface area contributed by atoms with Gasteiger partial charge in [0.05, 0.1) is 10.0 Å². The van der Waals surface area contributed by atoms with Gasteiger partial charge in [-0.3, -0.25) is 5.32 Å². The summed E-state index contributed by atoms with van der Waals surface area (Å²) in [6, 6.07) is 12.0. The summed E-state index contributed by atoms with van der Waals surface area (Å²) in [5.41, 5.74) is 1.53. The smallest absolute Gasteiger partial charge is 0.410 e. The first-order valence-electron chi connectivity index (χ1n) is 5.55. The van der Waals surface area contributed by atoms with Gasteiger partial charge in [-0.05, 0) is 42.8 Å². The third-order valence-corrected chi connectivity index (χ3v) is 3.11. The monoisotopic (exact) mass is 295 g/mol. The zero-order chi connectivity index (χ0) is 13.8. The molecule has 2 aromatic rings. The number of aryl methyl sites for hydroxylation is 1. The average Bonchev–Trinajstić information content (AvgIpc) is 2.34. The van der Waals surface area contributed by atoms with E-state index >= 15 is 0 Å². The number of anilines is 1. The fraction of sp³-hybridized carbons (Fsp3) is 0.0714. The van der Waals surface area contributed by atoms with Crippen molar-refractivity contribution in [3.05, 3.63) is 58.1 Å². The van der Waals surface area contributed by atoms with Crippen LogP contribution in [-0.2, 0) is 0 Å². The molecule has 98 valence electrons. The lowest BCUT2D eigenvalue weighted by Crippen LogP contribution is -2.16. The van der Waals surface area contributed by atoms with E-state index in [0.717, 1.165) is 5.56 Å². The summed E-state index contributed by atoms with van der Waals surface area (Å²) in [4.78, 5) is 11.7. The Morgan fingerprint density at radius 3 is 2.58 bits per heavy atom. The first kappa shape index (κ1) is 13.7. The normalized spacial score (nSPS) is 10.1. The first-order chi connectivity index (χ1) is 9.04. The van der Waals surface area contributed by atoms with Gasteiger partial charge >= 0.3 is 6.09 Å². The Labute approximate surface area is 121 Å². The Balaban J connectivity index is 2.03. The SMILES string of the molecule is Cc1cccc(OC(=O)Nc2ccc(Cl)c(Cl)c2)c1. The van der Waals surface area contributed by atoms with Gasteiger partial charge in [0.1, 0.15) is 5.75 Å². The minimum atomic E-state index is -0.580. The Hall–Kier alpha value is -1.71. The van der Waals surface area contributed by atoms with Crippen molar-refractivity contribution in [3.8, 4) is 5.75 Å². The van der Waals surface area contributed by atoms with Crippen LogP contribution in [0.3, 0.4) is 0 Å². The van der Waals surface area contributed by atoms with Crippen LogP contribution in [0.5, 0.6) is 5.75 Å². The number of rotatable bonds is 2. The van der Waals surface area contributed by atoms with Crippen molar-refractivity contribution < 1.29 is 9.53 Å². The molecule has 0 saturated carbocycles. The predicted octanol–water partition coefficient (Wildman–Crippen LogP) is 4.91. The zero-order valence-corrected chi connectivity index (χ0v) is 11.6. The van der Waals surface area contributed by atoms with Crippen molar-refractivity contribution >= 4 is 35.0 Å². The Bertz CT molecular complexity index is 614. The summed E-state index contributed by atoms with van der Waals surface area (Å²) in [5.74, 6) is 0.484. The molecule has 0 heterocycles. The standard InChI is InChI=1S/C14H11Cl2NO2/c1-9-3-2-4-11(7-9)19-14(18)17-10-5-6-12(15)13(16)8-10/h2-8H,1H3,(H,17,18). The summed E-state index contributed by atoms with van der Waals surface area (Å²) in [6.45, 7) is 1.92. The molecule has 5 heteroatoms. The van der Waals surface area contributed by atoms with E-state index in [1.54, 1.807) is 30.3 Å². The number of hydrogen-bond donors (Lipinski definition) is 1. The highest BCUT2D eigenvalue weighted by Crippen LogP contribution is 2.25. The molecule has 0 bridgehead atoms. The van der Waals surface area contributed by atoms with E-state index in [1.807, 2.05) is 19.1 Å². The molecule has 0 saturated heterocycles. The summed E-state index contributed by atoms with van der Waals surface area (Å²) in [5, 5.41) is 3.37. The molecule has 0 spiro atoms. The lowest BCUT2D eigenvalue weighted by Gasteiger charge is -2.07. The number of carbonyl (C=O) groups is 1. The third-order valence-electron chi connectivity index (χ3n) is 2.37. The van der Waals surface area contributed by atoms with E-state index in [0.29, 0.717) is 21.5 Å². The van der Waals surface area contributed by atoms with Gasteiger partial charge in [-0.2, -0.15) is 0 Å². The van der Waals surface area contributed by atoms with E-state index < -0.39 is 6.09 Å². The first-order valence-corrected chi connectivity index (χ1v) is 6.31. The summed E-state index contributed by atoms with van der Waals surface area (Å²) in [6.07, 6.45) is -0.580. The van der Waals surface area contributed by atoms with Crippen molar-refractivity contribution in [3.63, 3.8) is 0 Å². The molecule has 2 rings (SSSR count). The fourth-order valence-electron chi connectivity index (χ4n) is 1.50. The Morgan fingerprint density at radius 1 is 1.11 bits per heavy atom. The van der Waals surface area contributed by atoms with E-state index in [2.05, 4.69) is 5.32 Å². The minimum Gasteiger partial charge on any atom is -0.410 e. The van der Waals surface area contributed by atoms with Crippen LogP contribution in [-0.4, -0.2) is 6.09 Å². The summed E-state index contributed by atoms with van der Waals surface area (Å²) in [7, 11) is 0. The van der Waals surface area contributed by atoms with Crippen LogP contribution in [0.2, 0.25) is 10.0 Å². The third kappa shape index (κ3) is 3.88. The lowest BCUT2D eigenvalue weighted by molar-refractivity contribution is 0.215. The molecule has 19 heavy (non-hydrogen) atoms. The van der Waals surface area contributed by atoms with Gasteiger partial charge in [0.2, 0.25) is 0 Å². The van der Waals surface area contributed by atoms with Gasteiger partial charge in [0.15, 0.2) is 0 Å². The average molecular weight is 296 g/mol. The van der Waals surface area contributed by atoms with E-state index in [-0.39, 0.29) is 0 Å². The maximum Gasteiger partial charge on any atom is 0.417 e. The van der Waals surface area contributed by atoms with E-state index in [4.69, 9.17) is 27.9 Å². The number of halogens is 2. The van der Waals surface area contributed by atoms with Gasteiger partial charge in [0.25, 0.3) is 0 Å².